The zero-order valence-corrected chi connectivity index (χ0v) is 12.8. The van der Waals surface area contributed by atoms with Crippen molar-refractivity contribution in [1.82, 2.24) is 9.97 Å². The van der Waals surface area contributed by atoms with Gasteiger partial charge in [-0.25, -0.2) is 9.97 Å². The second kappa shape index (κ2) is 6.02. The third kappa shape index (κ3) is 3.45. The van der Waals surface area contributed by atoms with Gasteiger partial charge in [-0.05, 0) is 50.6 Å². The molecule has 1 atom stereocenters. The molecule has 0 aliphatic rings. The van der Waals surface area contributed by atoms with Gasteiger partial charge in [-0.3, -0.25) is 4.79 Å². The van der Waals surface area contributed by atoms with Crippen LogP contribution >= 0.6 is 11.6 Å². The van der Waals surface area contributed by atoms with E-state index in [2.05, 4.69) is 9.97 Å². The molecule has 21 heavy (non-hydrogen) atoms. The summed E-state index contributed by atoms with van der Waals surface area (Å²) < 4.78 is 0. The second-order valence-electron chi connectivity index (χ2n) is 4.95. The Labute approximate surface area is 128 Å². The van der Waals surface area contributed by atoms with Gasteiger partial charge in [-0.15, -0.1) is 0 Å². The molecule has 5 heteroatoms. The van der Waals surface area contributed by atoms with Gasteiger partial charge >= 0.3 is 0 Å². The lowest BCUT2D eigenvalue weighted by Gasteiger charge is -2.10. The molecule has 0 aliphatic carbocycles. The third-order valence-corrected chi connectivity index (χ3v) is 3.19. The summed E-state index contributed by atoms with van der Waals surface area (Å²) in [4.78, 5) is 21.0. The number of hydrogen-bond acceptors (Lipinski definition) is 4. The van der Waals surface area contributed by atoms with Crippen LogP contribution in [0.25, 0.3) is 0 Å². The molecule has 2 aromatic rings. The maximum Gasteiger partial charge on any atom is 0.187 e. The van der Waals surface area contributed by atoms with Gasteiger partial charge in [0.15, 0.2) is 17.5 Å². The van der Waals surface area contributed by atoms with E-state index in [4.69, 9.17) is 11.6 Å². The molecular weight excluding hydrogens is 286 g/mol. The van der Waals surface area contributed by atoms with Crippen molar-refractivity contribution in [2.75, 3.05) is 0 Å². The van der Waals surface area contributed by atoms with Crippen molar-refractivity contribution in [3.8, 4) is 6.07 Å². The van der Waals surface area contributed by atoms with Gasteiger partial charge in [0.1, 0.15) is 0 Å². The summed E-state index contributed by atoms with van der Waals surface area (Å²) in [7, 11) is 0. The normalized spacial score (nSPS) is 11.8. The predicted molar refractivity (Wildman–Crippen MR) is 80.4 cm³/mol. The van der Waals surface area contributed by atoms with E-state index in [1.165, 1.54) is 0 Å². The number of benzene rings is 1. The molecule has 0 N–H and O–H groups in total. The predicted octanol–water partition coefficient (Wildman–Crippen LogP) is 3.55. The molecule has 0 spiro atoms. The van der Waals surface area contributed by atoms with E-state index < -0.39 is 5.92 Å². The maximum absolute atomic E-state index is 12.5. The number of Topliss-reactive ketones (excluding diaryl/α,β-unsaturated/α-hetero) is 1. The smallest absolute Gasteiger partial charge is 0.187 e. The van der Waals surface area contributed by atoms with Crippen LogP contribution in [-0.2, 0) is 0 Å². The number of ketones is 1. The maximum atomic E-state index is 12.5. The summed E-state index contributed by atoms with van der Waals surface area (Å²) in [6.07, 6.45) is 0. The van der Waals surface area contributed by atoms with Crippen LogP contribution in [0, 0.1) is 32.1 Å². The van der Waals surface area contributed by atoms with Gasteiger partial charge < -0.3 is 0 Å². The average molecular weight is 300 g/mol. The molecule has 106 valence electrons. The number of rotatable bonds is 3. The van der Waals surface area contributed by atoms with Gasteiger partial charge in [0.05, 0.1) is 6.07 Å². The largest absolute Gasteiger partial charge is 0.292 e. The van der Waals surface area contributed by atoms with Crippen molar-refractivity contribution >= 4 is 17.4 Å². The van der Waals surface area contributed by atoms with Crippen molar-refractivity contribution < 1.29 is 4.79 Å². The minimum atomic E-state index is -1.03. The van der Waals surface area contributed by atoms with Crippen molar-refractivity contribution in [1.29, 1.82) is 5.26 Å². The molecule has 4 nitrogen and oxygen atoms in total. The number of halogens is 1. The summed E-state index contributed by atoms with van der Waals surface area (Å²) in [5.41, 5.74) is 2.72. The number of carbonyl (C=O) groups excluding carboxylic acids is 1. The van der Waals surface area contributed by atoms with Crippen molar-refractivity contribution in [2.45, 2.75) is 26.7 Å². The molecule has 0 saturated heterocycles. The first-order chi connectivity index (χ1) is 9.90. The minimum absolute atomic E-state index is 0.234. The molecule has 0 saturated carbocycles. The minimum Gasteiger partial charge on any atom is -0.292 e. The molecule has 2 rings (SSSR count). The first-order valence-corrected chi connectivity index (χ1v) is 6.81. The number of hydrogen-bond donors (Lipinski definition) is 0. The van der Waals surface area contributed by atoms with E-state index in [1.54, 1.807) is 38.1 Å². The quantitative estimate of drug-likeness (QED) is 0.813. The molecule has 1 aromatic carbocycles. The Morgan fingerprint density at radius 3 is 2.29 bits per heavy atom. The zero-order valence-electron chi connectivity index (χ0n) is 12.0. The Bertz CT molecular complexity index is 709. The van der Waals surface area contributed by atoms with Crippen LogP contribution in [0.1, 0.15) is 39.1 Å². The van der Waals surface area contributed by atoms with Crippen LogP contribution in [0.3, 0.4) is 0 Å². The Hall–Kier alpha value is -2.25. The topological polar surface area (TPSA) is 66.6 Å². The Balaban J connectivity index is 2.46. The summed E-state index contributed by atoms with van der Waals surface area (Å²) in [6, 6.07) is 8.82. The fourth-order valence-corrected chi connectivity index (χ4v) is 2.45. The van der Waals surface area contributed by atoms with Crippen LogP contribution < -0.4 is 0 Å². The monoisotopic (exact) mass is 299 g/mol. The van der Waals surface area contributed by atoms with Crippen molar-refractivity contribution in [2.24, 2.45) is 0 Å². The van der Waals surface area contributed by atoms with Crippen LogP contribution in [0.4, 0.5) is 0 Å². The van der Waals surface area contributed by atoms with Gasteiger partial charge in [0.2, 0.25) is 0 Å². The van der Waals surface area contributed by atoms with Crippen molar-refractivity contribution in [3.05, 3.63) is 57.6 Å². The summed E-state index contributed by atoms with van der Waals surface area (Å²) in [5, 5.41) is 9.82. The number of nitrogens with zero attached hydrogens (tertiary/aromatic N) is 3. The molecule has 0 unspecified atom stereocenters. The molecular formula is C16H14ClN3O. The van der Waals surface area contributed by atoms with E-state index in [0.717, 1.165) is 17.0 Å². The molecule has 0 fully saturated rings. The van der Waals surface area contributed by atoms with E-state index in [1.807, 2.05) is 13.0 Å². The molecule has 1 heterocycles. The van der Waals surface area contributed by atoms with Crippen LogP contribution in [0.15, 0.2) is 24.3 Å². The highest BCUT2D eigenvalue weighted by Gasteiger charge is 2.25. The lowest BCUT2D eigenvalue weighted by molar-refractivity contribution is 0.0976. The molecule has 0 aliphatic heterocycles. The number of aryl methyl sites for hydroxylation is 3. The Kier molecular flexibility index (Phi) is 4.35. The fraction of sp³-hybridized carbons (Fsp3) is 0.250. The average Bonchev–Trinajstić information content (AvgIpc) is 2.37. The van der Waals surface area contributed by atoms with Gasteiger partial charge in [0.25, 0.3) is 0 Å². The van der Waals surface area contributed by atoms with Gasteiger partial charge in [0, 0.05) is 22.0 Å². The zero-order chi connectivity index (χ0) is 15.6. The SMILES string of the molecule is Cc1cc(Cl)cc(C(=O)[C@H](C#N)c2nc(C)cc(C)n2)c1. The summed E-state index contributed by atoms with van der Waals surface area (Å²) in [6.45, 7) is 5.46. The molecule has 1 aromatic heterocycles. The van der Waals surface area contributed by atoms with Crippen LogP contribution in [0.5, 0.6) is 0 Å². The molecule has 0 amide bonds. The highest BCUT2D eigenvalue weighted by molar-refractivity contribution is 6.31. The Morgan fingerprint density at radius 2 is 1.76 bits per heavy atom. The van der Waals surface area contributed by atoms with Gasteiger partial charge in [-0.2, -0.15) is 5.26 Å². The number of nitriles is 1. The summed E-state index contributed by atoms with van der Waals surface area (Å²) in [5.74, 6) is -1.13. The van der Waals surface area contributed by atoms with E-state index in [9.17, 15) is 10.1 Å². The van der Waals surface area contributed by atoms with Crippen molar-refractivity contribution in [3.63, 3.8) is 0 Å². The third-order valence-electron chi connectivity index (χ3n) is 2.98. The van der Waals surface area contributed by atoms with E-state index in [-0.39, 0.29) is 11.6 Å². The van der Waals surface area contributed by atoms with Crippen LogP contribution in [-0.4, -0.2) is 15.8 Å². The highest BCUT2D eigenvalue weighted by atomic mass is 35.5. The lowest BCUT2D eigenvalue weighted by Crippen LogP contribution is -2.15. The second-order valence-corrected chi connectivity index (χ2v) is 5.39. The molecule has 0 radical (unpaired) electrons. The number of carbonyl (C=O) groups is 1. The first-order valence-electron chi connectivity index (χ1n) is 6.44. The van der Waals surface area contributed by atoms with Crippen LogP contribution in [0.2, 0.25) is 5.02 Å². The summed E-state index contributed by atoms with van der Waals surface area (Å²) >= 11 is 5.97. The molecule has 0 bridgehead atoms. The lowest BCUT2D eigenvalue weighted by atomic mass is 9.96. The van der Waals surface area contributed by atoms with Gasteiger partial charge in [-0.1, -0.05) is 11.6 Å². The van der Waals surface area contributed by atoms with E-state index in [0.29, 0.717) is 10.6 Å². The Morgan fingerprint density at radius 1 is 1.14 bits per heavy atom. The highest BCUT2D eigenvalue weighted by Crippen LogP contribution is 2.22. The standard InChI is InChI=1S/C16H14ClN3O/c1-9-4-12(7-13(17)5-9)15(21)14(8-18)16-19-10(2)6-11(3)20-16/h4-7,14H,1-3H3/t14-/m0/s1. The van der Waals surface area contributed by atoms with E-state index >= 15 is 0 Å². The first kappa shape index (κ1) is 15.1. The number of aromatic nitrogens is 2. The fourth-order valence-electron chi connectivity index (χ4n) is 2.16.